The number of hydrogen-bond donors (Lipinski definition) is 0. The SMILES string of the molecule is CSc1nn(CCc2ccccc2)c2nc3c(c(=O)n12)C(C)(C)Cc1ccccc1-3. The van der Waals surface area contributed by atoms with Crippen LogP contribution < -0.4 is 5.56 Å². The third-order valence-electron chi connectivity index (χ3n) is 5.91. The lowest BCUT2D eigenvalue weighted by Crippen LogP contribution is -2.36. The molecule has 6 heteroatoms. The predicted molar refractivity (Wildman–Crippen MR) is 121 cm³/mol. The molecular weight excluding hydrogens is 392 g/mol. The Morgan fingerprint density at radius 2 is 1.80 bits per heavy atom. The van der Waals surface area contributed by atoms with Crippen LogP contribution in [0.5, 0.6) is 0 Å². The summed E-state index contributed by atoms with van der Waals surface area (Å²) in [6, 6.07) is 18.6. The highest BCUT2D eigenvalue weighted by Gasteiger charge is 2.36. The van der Waals surface area contributed by atoms with Crippen LogP contribution in [0.25, 0.3) is 17.0 Å². The molecule has 0 bridgehead atoms. The number of nitrogens with zero attached hydrogens (tertiary/aromatic N) is 4. The molecule has 0 saturated heterocycles. The number of aryl methyl sites for hydroxylation is 2. The van der Waals surface area contributed by atoms with Crippen molar-refractivity contribution >= 4 is 17.5 Å². The van der Waals surface area contributed by atoms with E-state index in [1.807, 2.05) is 35.2 Å². The molecular formula is C24H24N4OS. The van der Waals surface area contributed by atoms with Crippen molar-refractivity contribution in [2.24, 2.45) is 0 Å². The first-order valence-electron chi connectivity index (χ1n) is 10.2. The van der Waals surface area contributed by atoms with Crippen molar-refractivity contribution in [2.45, 2.75) is 43.8 Å². The maximum absolute atomic E-state index is 13.7. The highest BCUT2D eigenvalue weighted by molar-refractivity contribution is 7.98. The first-order valence-corrected chi connectivity index (χ1v) is 11.4. The van der Waals surface area contributed by atoms with E-state index in [0.29, 0.717) is 17.5 Å². The van der Waals surface area contributed by atoms with Crippen molar-refractivity contribution in [2.75, 3.05) is 6.26 Å². The molecule has 4 aromatic rings. The zero-order valence-electron chi connectivity index (χ0n) is 17.4. The Hall–Kier alpha value is -2.86. The van der Waals surface area contributed by atoms with Crippen LogP contribution in [0.1, 0.15) is 30.5 Å². The van der Waals surface area contributed by atoms with Gasteiger partial charge in [-0.15, -0.1) is 5.10 Å². The molecule has 0 amide bonds. The molecule has 2 aromatic carbocycles. The van der Waals surface area contributed by atoms with Gasteiger partial charge in [-0.25, -0.2) is 14.1 Å². The third kappa shape index (κ3) is 2.98. The van der Waals surface area contributed by atoms with E-state index in [-0.39, 0.29) is 11.0 Å². The molecule has 152 valence electrons. The van der Waals surface area contributed by atoms with E-state index >= 15 is 0 Å². The molecule has 0 spiro atoms. The fourth-order valence-electron chi connectivity index (χ4n) is 4.48. The number of fused-ring (bicyclic) bond motifs is 4. The summed E-state index contributed by atoms with van der Waals surface area (Å²) in [5.74, 6) is 0.617. The Balaban J connectivity index is 1.72. The Morgan fingerprint density at radius 3 is 2.57 bits per heavy atom. The van der Waals surface area contributed by atoms with Crippen LogP contribution in [-0.4, -0.2) is 25.4 Å². The predicted octanol–water partition coefficient (Wildman–Crippen LogP) is 4.36. The van der Waals surface area contributed by atoms with Crippen molar-refractivity contribution in [3.05, 3.63) is 81.6 Å². The maximum Gasteiger partial charge on any atom is 0.265 e. The minimum atomic E-state index is -0.281. The van der Waals surface area contributed by atoms with E-state index in [2.05, 4.69) is 44.2 Å². The second-order valence-electron chi connectivity index (χ2n) is 8.44. The first-order chi connectivity index (χ1) is 14.5. The van der Waals surface area contributed by atoms with Gasteiger partial charge in [0.25, 0.3) is 5.56 Å². The molecule has 5 nitrogen and oxygen atoms in total. The summed E-state index contributed by atoms with van der Waals surface area (Å²) in [4.78, 5) is 18.8. The van der Waals surface area contributed by atoms with Gasteiger partial charge in [-0.3, -0.25) is 4.79 Å². The summed E-state index contributed by atoms with van der Waals surface area (Å²) in [5.41, 5.74) is 4.86. The molecule has 0 unspecified atom stereocenters. The Kier molecular flexibility index (Phi) is 4.54. The van der Waals surface area contributed by atoms with Gasteiger partial charge in [0.05, 0.1) is 11.3 Å². The highest BCUT2D eigenvalue weighted by Crippen LogP contribution is 2.40. The van der Waals surface area contributed by atoms with Crippen LogP contribution in [0, 0.1) is 0 Å². The molecule has 1 aliphatic carbocycles. The van der Waals surface area contributed by atoms with Crippen molar-refractivity contribution in [3.63, 3.8) is 0 Å². The van der Waals surface area contributed by atoms with Gasteiger partial charge in [0.2, 0.25) is 5.78 Å². The van der Waals surface area contributed by atoms with Crippen LogP contribution in [0.4, 0.5) is 0 Å². The topological polar surface area (TPSA) is 52.2 Å². The number of hydrogen-bond acceptors (Lipinski definition) is 4. The molecule has 0 N–H and O–H groups in total. The van der Waals surface area contributed by atoms with Crippen LogP contribution >= 0.6 is 11.8 Å². The van der Waals surface area contributed by atoms with E-state index in [4.69, 9.17) is 10.1 Å². The zero-order valence-corrected chi connectivity index (χ0v) is 18.2. The van der Waals surface area contributed by atoms with Crippen molar-refractivity contribution < 1.29 is 0 Å². The summed E-state index contributed by atoms with van der Waals surface area (Å²) in [5, 5.41) is 5.43. The molecule has 0 saturated carbocycles. The van der Waals surface area contributed by atoms with Gasteiger partial charge in [-0.05, 0) is 30.2 Å². The van der Waals surface area contributed by atoms with Crippen molar-refractivity contribution in [1.29, 1.82) is 0 Å². The molecule has 0 atom stereocenters. The zero-order chi connectivity index (χ0) is 20.9. The van der Waals surface area contributed by atoms with E-state index in [0.717, 1.165) is 29.7 Å². The van der Waals surface area contributed by atoms with Gasteiger partial charge in [0, 0.05) is 17.5 Å². The number of aromatic nitrogens is 4. The fraction of sp³-hybridized carbons (Fsp3) is 0.292. The highest BCUT2D eigenvalue weighted by atomic mass is 32.2. The van der Waals surface area contributed by atoms with Crippen molar-refractivity contribution in [3.8, 4) is 11.3 Å². The van der Waals surface area contributed by atoms with Crippen LogP contribution in [0.2, 0.25) is 0 Å². The summed E-state index contributed by atoms with van der Waals surface area (Å²) in [6.45, 7) is 4.94. The van der Waals surface area contributed by atoms with Crippen LogP contribution in [0.3, 0.4) is 0 Å². The summed E-state index contributed by atoms with van der Waals surface area (Å²) < 4.78 is 3.58. The standard InChI is InChI=1S/C24H24N4OS/c1-24(2)15-17-11-7-8-12-18(17)20-19(24)21(29)28-22(25-20)27(26-23(28)30-3)14-13-16-9-5-4-6-10-16/h4-12H,13-15H2,1-3H3. The smallest absolute Gasteiger partial charge is 0.265 e. The number of benzene rings is 2. The second-order valence-corrected chi connectivity index (χ2v) is 9.21. The average molecular weight is 417 g/mol. The minimum absolute atomic E-state index is 0.00446. The molecule has 0 aliphatic heterocycles. The largest absolute Gasteiger partial charge is 0.268 e. The summed E-state index contributed by atoms with van der Waals surface area (Å²) in [6.07, 6.45) is 3.62. The van der Waals surface area contributed by atoms with Gasteiger partial charge in [-0.2, -0.15) is 0 Å². The van der Waals surface area contributed by atoms with E-state index < -0.39 is 0 Å². The summed E-state index contributed by atoms with van der Waals surface area (Å²) >= 11 is 1.48. The average Bonchev–Trinajstić information content (AvgIpc) is 3.10. The van der Waals surface area contributed by atoms with E-state index in [1.54, 1.807) is 4.40 Å². The molecule has 2 aromatic heterocycles. The van der Waals surface area contributed by atoms with Gasteiger partial charge in [0.1, 0.15) is 0 Å². The molecule has 2 heterocycles. The first kappa shape index (κ1) is 19.1. The maximum atomic E-state index is 13.7. The number of thioether (sulfide) groups is 1. The Bertz CT molecular complexity index is 1300. The molecule has 5 rings (SSSR count). The van der Waals surface area contributed by atoms with Crippen molar-refractivity contribution in [1.82, 2.24) is 19.2 Å². The van der Waals surface area contributed by atoms with E-state index in [9.17, 15) is 4.79 Å². The summed E-state index contributed by atoms with van der Waals surface area (Å²) in [7, 11) is 0. The van der Waals surface area contributed by atoms with Crippen LogP contribution in [0.15, 0.2) is 64.5 Å². The molecule has 0 fully saturated rings. The van der Waals surface area contributed by atoms with Gasteiger partial charge >= 0.3 is 0 Å². The van der Waals surface area contributed by atoms with Gasteiger partial charge in [0.15, 0.2) is 5.16 Å². The molecule has 30 heavy (non-hydrogen) atoms. The second kappa shape index (κ2) is 7.13. The Morgan fingerprint density at radius 1 is 1.07 bits per heavy atom. The lowest BCUT2D eigenvalue weighted by atomic mass is 9.72. The van der Waals surface area contributed by atoms with Gasteiger partial charge < -0.3 is 0 Å². The molecule has 0 radical (unpaired) electrons. The lowest BCUT2D eigenvalue weighted by Gasteiger charge is -2.32. The van der Waals surface area contributed by atoms with Crippen LogP contribution in [-0.2, 0) is 24.8 Å². The third-order valence-corrected chi connectivity index (χ3v) is 6.54. The number of rotatable bonds is 4. The normalized spacial score (nSPS) is 14.5. The Labute approximate surface area is 179 Å². The minimum Gasteiger partial charge on any atom is -0.268 e. The monoisotopic (exact) mass is 416 g/mol. The lowest BCUT2D eigenvalue weighted by molar-refractivity contribution is 0.505. The van der Waals surface area contributed by atoms with Gasteiger partial charge in [-0.1, -0.05) is 80.2 Å². The quantitative estimate of drug-likeness (QED) is 0.464. The molecule has 1 aliphatic rings. The fourth-order valence-corrected chi connectivity index (χ4v) is 5.01. The van der Waals surface area contributed by atoms with E-state index in [1.165, 1.54) is 22.9 Å².